The molecule has 0 saturated carbocycles. The van der Waals surface area contributed by atoms with E-state index in [1.54, 1.807) is 6.07 Å². The van der Waals surface area contributed by atoms with Gasteiger partial charge in [-0.25, -0.2) is 0 Å². The number of alkyl halides is 3. The van der Waals surface area contributed by atoms with Crippen molar-refractivity contribution in [2.24, 2.45) is 0 Å². The Morgan fingerprint density at radius 2 is 2.00 bits per heavy atom. The van der Waals surface area contributed by atoms with Crippen LogP contribution in [0.2, 0.25) is 0 Å². The van der Waals surface area contributed by atoms with Gasteiger partial charge < -0.3 is 4.74 Å². The molecule has 94 valence electrons. The number of methoxy groups -OCH3 is 1. The largest absolute Gasteiger partial charge is 0.469 e. The fourth-order valence-corrected chi connectivity index (χ4v) is 1.68. The molecule has 0 N–H and O–H groups in total. The van der Waals surface area contributed by atoms with E-state index in [1.165, 1.54) is 26.2 Å². The van der Waals surface area contributed by atoms with Gasteiger partial charge in [0.25, 0.3) is 0 Å². The Bertz CT molecular complexity index is 411. The molecule has 1 rings (SSSR count). The van der Waals surface area contributed by atoms with Crippen molar-refractivity contribution in [1.82, 2.24) is 0 Å². The first kappa shape index (κ1) is 13.5. The number of hydrogen-bond donors (Lipinski definition) is 0. The Morgan fingerprint density at radius 3 is 2.53 bits per heavy atom. The minimum atomic E-state index is -4.39. The summed E-state index contributed by atoms with van der Waals surface area (Å²) in [4.78, 5) is 10.9. The molecule has 0 fully saturated rings. The molecule has 0 saturated heterocycles. The van der Waals surface area contributed by atoms with E-state index in [0.29, 0.717) is 0 Å². The second kappa shape index (κ2) is 5.21. The first-order chi connectivity index (χ1) is 7.86. The third kappa shape index (κ3) is 3.47. The average Bonchev–Trinajstić information content (AvgIpc) is 2.24. The predicted octanol–water partition coefficient (Wildman–Crippen LogP) is 3.12. The van der Waals surface area contributed by atoms with E-state index in [0.717, 1.165) is 0 Å². The zero-order chi connectivity index (χ0) is 13.1. The van der Waals surface area contributed by atoms with E-state index < -0.39 is 17.7 Å². The number of benzene rings is 1. The molecule has 5 heteroatoms. The van der Waals surface area contributed by atoms with Crippen LogP contribution in [0.5, 0.6) is 0 Å². The summed E-state index contributed by atoms with van der Waals surface area (Å²) < 4.78 is 42.8. The van der Waals surface area contributed by atoms with E-state index in [2.05, 4.69) is 4.74 Å². The second-order valence-electron chi connectivity index (χ2n) is 3.68. The Labute approximate surface area is 97.4 Å². The van der Waals surface area contributed by atoms with Crippen LogP contribution in [-0.4, -0.2) is 13.1 Å². The Hall–Kier alpha value is -1.52. The summed E-state index contributed by atoms with van der Waals surface area (Å²) in [5.74, 6) is -0.514. The molecule has 0 heterocycles. The quantitative estimate of drug-likeness (QED) is 0.766. The molecule has 17 heavy (non-hydrogen) atoms. The van der Waals surface area contributed by atoms with E-state index in [4.69, 9.17) is 0 Å². The Morgan fingerprint density at radius 1 is 1.35 bits per heavy atom. The zero-order valence-electron chi connectivity index (χ0n) is 9.60. The minimum Gasteiger partial charge on any atom is -0.469 e. The molecule has 0 amide bonds. The van der Waals surface area contributed by atoms with Crippen molar-refractivity contribution in [2.75, 3.05) is 7.11 Å². The summed E-state index contributed by atoms with van der Waals surface area (Å²) in [6.45, 7) is 1.41. The molecule has 0 atom stereocenters. The third-order valence-corrected chi connectivity index (χ3v) is 2.47. The molecule has 0 aliphatic rings. The summed E-state index contributed by atoms with van der Waals surface area (Å²) in [6, 6.07) is 4.35. The normalized spacial score (nSPS) is 11.4. The maximum absolute atomic E-state index is 12.8. The maximum Gasteiger partial charge on any atom is 0.416 e. The second-order valence-corrected chi connectivity index (χ2v) is 3.68. The molecule has 0 spiro atoms. The number of halogens is 3. The van der Waals surface area contributed by atoms with E-state index in [1.807, 2.05) is 0 Å². The molecule has 0 aliphatic carbocycles. The van der Waals surface area contributed by atoms with Gasteiger partial charge in [0.15, 0.2) is 0 Å². The molecule has 2 nitrogen and oxygen atoms in total. The van der Waals surface area contributed by atoms with Gasteiger partial charge in [0, 0.05) is 6.42 Å². The van der Waals surface area contributed by atoms with Crippen molar-refractivity contribution in [3.63, 3.8) is 0 Å². The number of hydrogen-bond acceptors (Lipinski definition) is 2. The lowest BCUT2D eigenvalue weighted by atomic mass is 9.98. The third-order valence-electron chi connectivity index (χ3n) is 2.47. The Kier molecular flexibility index (Phi) is 4.15. The van der Waals surface area contributed by atoms with Crippen molar-refractivity contribution < 1.29 is 22.7 Å². The first-order valence-electron chi connectivity index (χ1n) is 5.08. The molecular formula is C12H13F3O2. The lowest BCUT2D eigenvalue weighted by molar-refractivity contribution is -0.142. The van der Waals surface area contributed by atoms with Gasteiger partial charge in [0.1, 0.15) is 0 Å². The van der Waals surface area contributed by atoms with Crippen LogP contribution in [0.3, 0.4) is 0 Å². The monoisotopic (exact) mass is 246 g/mol. The van der Waals surface area contributed by atoms with Crippen molar-refractivity contribution >= 4 is 5.97 Å². The zero-order valence-corrected chi connectivity index (χ0v) is 9.60. The van der Waals surface area contributed by atoms with Crippen LogP contribution < -0.4 is 0 Å². The predicted molar refractivity (Wildman–Crippen MR) is 56.5 cm³/mol. The van der Waals surface area contributed by atoms with Crippen molar-refractivity contribution in [2.45, 2.75) is 25.9 Å². The number of aryl methyl sites for hydroxylation is 2. The van der Waals surface area contributed by atoms with Gasteiger partial charge in [0.2, 0.25) is 0 Å². The minimum absolute atomic E-state index is 0.0309. The average molecular weight is 246 g/mol. The molecular weight excluding hydrogens is 233 g/mol. The van der Waals surface area contributed by atoms with Gasteiger partial charge in [-0.2, -0.15) is 13.2 Å². The van der Waals surface area contributed by atoms with Gasteiger partial charge >= 0.3 is 12.1 Å². The first-order valence-corrected chi connectivity index (χ1v) is 5.08. The molecule has 1 aromatic carbocycles. The van der Waals surface area contributed by atoms with Crippen LogP contribution in [0.25, 0.3) is 0 Å². The molecule has 0 bridgehead atoms. The standard InChI is InChI=1S/C12H13F3O2/c1-8-4-3-5-9(6-7-10(16)17-2)11(8)12(13,14)15/h3-5H,6-7H2,1-2H3. The van der Waals surface area contributed by atoms with Crippen molar-refractivity contribution in [3.05, 3.63) is 34.9 Å². The van der Waals surface area contributed by atoms with Crippen LogP contribution in [0.15, 0.2) is 18.2 Å². The number of carbonyl (C=O) groups is 1. The summed E-state index contributed by atoms with van der Waals surface area (Å²) in [6.07, 6.45) is -4.41. The lowest BCUT2D eigenvalue weighted by Gasteiger charge is -2.15. The van der Waals surface area contributed by atoms with Crippen molar-refractivity contribution in [1.29, 1.82) is 0 Å². The molecule has 0 radical (unpaired) electrons. The van der Waals surface area contributed by atoms with Crippen LogP contribution in [-0.2, 0) is 22.1 Å². The fraction of sp³-hybridized carbons (Fsp3) is 0.417. The highest BCUT2D eigenvalue weighted by molar-refractivity contribution is 5.69. The number of carbonyl (C=O) groups excluding carboxylic acids is 1. The van der Waals surface area contributed by atoms with Crippen LogP contribution >= 0.6 is 0 Å². The van der Waals surface area contributed by atoms with E-state index in [9.17, 15) is 18.0 Å². The maximum atomic E-state index is 12.8. The molecule has 0 aromatic heterocycles. The summed E-state index contributed by atoms with van der Waals surface area (Å²) in [5, 5.41) is 0. The van der Waals surface area contributed by atoms with Gasteiger partial charge in [-0.1, -0.05) is 18.2 Å². The fourth-order valence-electron chi connectivity index (χ4n) is 1.68. The molecule has 0 unspecified atom stereocenters. The SMILES string of the molecule is COC(=O)CCc1cccc(C)c1C(F)(F)F. The molecule has 1 aromatic rings. The Balaban J connectivity index is 2.99. The lowest BCUT2D eigenvalue weighted by Crippen LogP contribution is -2.13. The van der Waals surface area contributed by atoms with Gasteiger partial charge in [-0.15, -0.1) is 0 Å². The number of ether oxygens (including phenoxy) is 1. The highest BCUT2D eigenvalue weighted by atomic mass is 19.4. The topological polar surface area (TPSA) is 26.3 Å². The van der Waals surface area contributed by atoms with Gasteiger partial charge in [0.05, 0.1) is 12.7 Å². The summed E-state index contributed by atoms with van der Waals surface area (Å²) in [5.41, 5.74) is -0.355. The number of esters is 1. The van der Waals surface area contributed by atoms with Gasteiger partial charge in [-0.05, 0) is 24.5 Å². The van der Waals surface area contributed by atoms with E-state index in [-0.39, 0.29) is 24.0 Å². The number of rotatable bonds is 3. The van der Waals surface area contributed by atoms with Crippen molar-refractivity contribution in [3.8, 4) is 0 Å². The van der Waals surface area contributed by atoms with Crippen LogP contribution in [0.1, 0.15) is 23.1 Å². The van der Waals surface area contributed by atoms with Crippen LogP contribution in [0, 0.1) is 6.92 Å². The highest BCUT2D eigenvalue weighted by Crippen LogP contribution is 2.34. The van der Waals surface area contributed by atoms with Gasteiger partial charge in [-0.3, -0.25) is 4.79 Å². The molecule has 0 aliphatic heterocycles. The summed E-state index contributed by atoms with van der Waals surface area (Å²) >= 11 is 0. The van der Waals surface area contributed by atoms with E-state index >= 15 is 0 Å². The highest BCUT2D eigenvalue weighted by Gasteiger charge is 2.34. The van der Waals surface area contributed by atoms with Crippen LogP contribution in [0.4, 0.5) is 13.2 Å². The summed E-state index contributed by atoms with van der Waals surface area (Å²) in [7, 11) is 1.21. The smallest absolute Gasteiger partial charge is 0.416 e.